The van der Waals surface area contributed by atoms with Crippen molar-refractivity contribution in [1.29, 1.82) is 0 Å². The van der Waals surface area contributed by atoms with Crippen LogP contribution in [-0.4, -0.2) is 62.3 Å². The summed E-state index contributed by atoms with van der Waals surface area (Å²) in [6.07, 6.45) is 1.76. The van der Waals surface area contributed by atoms with E-state index < -0.39 is 22.6 Å². The van der Waals surface area contributed by atoms with Crippen LogP contribution in [-0.2, 0) is 19.6 Å². The Morgan fingerprint density at radius 1 is 1.29 bits per heavy atom. The Bertz CT molecular complexity index is 824. The number of nitrogens with zero attached hydrogens (tertiary/aromatic N) is 2. The molecule has 0 N–H and O–H groups in total. The van der Waals surface area contributed by atoms with E-state index in [1.807, 2.05) is 20.8 Å². The molecule has 1 aliphatic heterocycles. The van der Waals surface area contributed by atoms with Gasteiger partial charge in [0, 0.05) is 26.2 Å². The number of ether oxygens (including phenoxy) is 1. The van der Waals surface area contributed by atoms with Crippen LogP contribution in [0.15, 0.2) is 23.1 Å². The summed E-state index contributed by atoms with van der Waals surface area (Å²) in [7, 11) is -3.82. The standard InChI is InChI=1S/C19H27ClN2O5S/c1-4-21(5-2)18(23)13-27-19(24)15-8-9-16(20)17(11-15)28(25,26)22-10-6-7-14(3)12-22/h8-9,11,14H,4-7,10,12-13H2,1-3H3. The fourth-order valence-corrected chi connectivity index (χ4v) is 5.31. The summed E-state index contributed by atoms with van der Waals surface area (Å²) in [5, 5.41) is 0.0500. The number of benzene rings is 1. The third kappa shape index (κ3) is 5.24. The average Bonchev–Trinajstić information content (AvgIpc) is 2.67. The Balaban J connectivity index is 2.18. The molecule has 2 rings (SSSR count). The Kier molecular flexibility index (Phi) is 7.86. The van der Waals surface area contributed by atoms with Crippen LogP contribution in [0.2, 0.25) is 5.02 Å². The molecule has 0 bridgehead atoms. The van der Waals surface area contributed by atoms with Crippen LogP contribution in [0, 0.1) is 5.92 Å². The fourth-order valence-electron chi connectivity index (χ4n) is 3.21. The SMILES string of the molecule is CCN(CC)C(=O)COC(=O)c1ccc(Cl)c(S(=O)(=O)N2CCCC(C)C2)c1. The van der Waals surface area contributed by atoms with Crippen molar-refractivity contribution >= 4 is 33.5 Å². The lowest BCUT2D eigenvalue weighted by atomic mass is 10.0. The minimum absolute atomic E-state index is 0.0420. The van der Waals surface area contributed by atoms with Gasteiger partial charge in [-0.25, -0.2) is 13.2 Å². The van der Waals surface area contributed by atoms with E-state index in [2.05, 4.69) is 0 Å². The second-order valence-corrected chi connectivity index (χ2v) is 9.21. The number of halogens is 1. The zero-order valence-electron chi connectivity index (χ0n) is 16.5. The Hall–Kier alpha value is -1.64. The molecular formula is C19H27ClN2O5S. The van der Waals surface area contributed by atoms with Gasteiger partial charge in [-0.3, -0.25) is 4.79 Å². The third-order valence-corrected chi connectivity index (χ3v) is 7.19. The van der Waals surface area contributed by atoms with Crippen molar-refractivity contribution in [1.82, 2.24) is 9.21 Å². The molecule has 156 valence electrons. The summed E-state index contributed by atoms with van der Waals surface area (Å²) in [4.78, 5) is 25.7. The molecule has 0 saturated carbocycles. The van der Waals surface area contributed by atoms with Gasteiger partial charge >= 0.3 is 5.97 Å². The second-order valence-electron chi connectivity index (χ2n) is 6.90. The average molecular weight is 431 g/mol. The van der Waals surface area contributed by atoms with Crippen molar-refractivity contribution in [3.8, 4) is 0 Å². The number of carbonyl (C=O) groups is 2. The number of carbonyl (C=O) groups excluding carboxylic acids is 2. The number of hydrogen-bond donors (Lipinski definition) is 0. The summed E-state index contributed by atoms with van der Waals surface area (Å²) in [5.74, 6) is -0.801. The quantitative estimate of drug-likeness (QED) is 0.621. The highest BCUT2D eigenvalue weighted by Gasteiger charge is 2.31. The zero-order chi connectivity index (χ0) is 20.9. The van der Waals surface area contributed by atoms with Gasteiger partial charge in [-0.1, -0.05) is 18.5 Å². The van der Waals surface area contributed by atoms with Crippen LogP contribution in [0.5, 0.6) is 0 Å². The molecule has 0 aromatic heterocycles. The van der Waals surface area contributed by atoms with Crippen LogP contribution in [0.4, 0.5) is 0 Å². The highest BCUT2D eigenvalue weighted by atomic mass is 35.5. The molecule has 1 aliphatic rings. The van der Waals surface area contributed by atoms with E-state index in [1.54, 1.807) is 4.90 Å². The zero-order valence-corrected chi connectivity index (χ0v) is 18.1. The van der Waals surface area contributed by atoms with Gasteiger partial charge in [-0.05, 0) is 50.8 Å². The van der Waals surface area contributed by atoms with E-state index >= 15 is 0 Å². The lowest BCUT2D eigenvalue weighted by Crippen LogP contribution is -2.39. The van der Waals surface area contributed by atoms with Crippen molar-refractivity contribution < 1.29 is 22.7 Å². The van der Waals surface area contributed by atoms with Gasteiger partial charge in [0.2, 0.25) is 10.0 Å². The molecule has 1 heterocycles. The summed E-state index contributed by atoms with van der Waals surface area (Å²) in [6.45, 7) is 7.16. The molecule has 1 aromatic rings. The van der Waals surface area contributed by atoms with Crippen molar-refractivity contribution in [2.24, 2.45) is 5.92 Å². The molecule has 9 heteroatoms. The fraction of sp³-hybridized carbons (Fsp3) is 0.579. The molecule has 1 saturated heterocycles. The van der Waals surface area contributed by atoms with Crippen molar-refractivity contribution in [3.05, 3.63) is 28.8 Å². The largest absolute Gasteiger partial charge is 0.452 e. The number of amides is 1. The summed E-state index contributed by atoms with van der Waals surface area (Å²) < 4.78 is 32.4. The van der Waals surface area contributed by atoms with Crippen LogP contribution < -0.4 is 0 Å². The van der Waals surface area contributed by atoms with E-state index in [9.17, 15) is 18.0 Å². The number of hydrogen-bond acceptors (Lipinski definition) is 5. The summed E-state index contributed by atoms with van der Waals surface area (Å²) in [5.41, 5.74) is 0.0420. The van der Waals surface area contributed by atoms with Gasteiger partial charge < -0.3 is 9.64 Å². The van der Waals surface area contributed by atoms with Crippen LogP contribution in [0.3, 0.4) is 0 Å². The first kappa shape index (κ1) is 22.6. The molecule has 1 atom stereocenters. The Morgan fingerprint density at radius 3 is 2.57 bits per heavy atom. The van der Waals surface area contributed by atoms with Gasteiger partial charge in [-0.2, -0.15) is 4.31 Å². The maximum atomic E-state index is 13.0. The number of likely N-dealkylation sites (N-methyl/N-ethyl adjacent to an activating group) is 1. The first-order valence-corrected chi connectivity index (χ1v) is 11.3. The van der Waals surface area contributed by atoms with Crippen molar-refractivity contribution in [2.45, 2.75) is 38.5 Å². The molecule has 1 aromatic carbocycles. The van der Waals surface area contributed by atoms with E-state index in [1.165, 1.54) is 22.5 Å². The molecule has 0 spiro atoms. The van der Waals surface area contributed by atoms with E-state index in [0.717, 1.165) is 12.8 Å². The summed E-state index contributed by atoms with van der Waals surface area (Å²) >= 11 is 6.13. The Morgan fingerprint density at radius 2 is 1.96 bits per heavy atom. The van der Waals surface area contributed by atoms with E-state index in [-0.39, 0.29) is 27.3 Å². The molecule has 0 radical (unpaired) electrons. The second kappa shape index (κ2) is 9.71. The molecule has 7 nitrogen and oxygen atoms in total. The normalized spacial score (nSPS) is 17.9. The van der Waals surface area contributed by atoms with Gasteiger partial charge in [0.1, 0.15) is 4.90 Å². The number of esters is 1. The van der Waals surface area contributed by atoms with E-state index in [4.69, 9.17) is 16.3 Å². The minimum Gasteiger partial charge on any atom is -0.452 e. The van der Waals surface area contributed by atoms with Crippen molar-refractivity contribution in [3.63, 3.8) is 0 Å². The highest BCUT2D eigenvalue weighted by Crippen LogP contribution is 2.29. The topological polar surface area (TPSA) is 84.0 Å². The smallest absolute Gasteiger partial charge is 0.338 e. The lowest BCUT2D eigenvalue weighted by molar-refractivity contribution is -0.134. The molecule has 1 unspecified atom stereocenters. The maximum absolute atomic E-state index is 13.0. The van der Waals surface area contributed by atoms with Gasteiger partial charge in [0.25, 0.3) is 5.91 Å². The van der Waals surface area contributed by atoms with Gasteiger partial charge in [-0.15, -0.1) is 0 Å². The first-order chi connectivity index (χ1) is 13.2. The Labute approximate surface area is 171 Å². The first-order valence-electron chi connectivity index (χ1n) is 9.45. The molecule has 0 aliphatic carbocycles. The predicted molar refractivity (Wildman–Crippen MR) is 107 cm³/mol. The van der Waals surface area contributed by atoms with Gasteiger partial charge in [0.15, 0.2) is 6.61 Å². The molecular weight excluding hydrogens is 404 g/mol. The third-order valence-electron chi connectivity index (χ3n) is 4.85. The minimum atomic E-state index is -3.82. The highest BCUT2D eigenvalue weighted by molar-refractivity contribution is 7.89. The summed E-state index contributed by atoms with van der Waals surface area (Å²) in [6, 6.07) is 3.98. The maximum Gasteiger partial charge on any atom is 0.338 e. The van der Waals surface area contributed by atoms with Crippen LogP contribution in [0.1, 0.15) is 44.0 Å². The monoisotopic (exact) mass is 430 g/mol. The van der Waals surface area contributed by atoms with Gasteiger partial charge in [0.05, 0.1) is 10.6 Å². The van der Waals surface area contributed by atoms with Crippen molar-refractivity contribution in [2.75, 3.05) is 32.8 Å². The predicted octanol–water partition coefficient (Wildman–Crippen LogP) is 2.79. The van der Waals surface area contributed by atoms with E-state index in [0.29, 0.717) is 26.2 Å². The van der Waals surface area contributed by atoms with Crippen LogP contribution >= 0.6 is 11.6 Å². The molecule has 28 heavy (non-hydrogen) atoms. The lowest BCUT2D eigenvalue weighted by Gasteiger charge is -2.30. The number of sulfonamides is 1. The molecule has 1 fully saturated rings. The molecule has 1 amide bonds. The number of rotatable bonds is 7. The van der Waals surface area contributed by atoms with Crippen LogP contribution in [0.25, 0.3) is 0 Å². The number of piperidine rings is 1.